The summed E-state index contributed by atoms with van der Waals surface area (Å²) >= 11 is 0. The zero-order valence-electron chi connectivity index (χ0n) is 14.4. The highest BCUT2D eigenvalue weighted by atomic mass is 32.2. The molecular formula is C15H21N7O3S. The first-order chi connectivity index (χ1) is 12.5. The Balaban J connectivity index is 1.36. The third-order valence-corrected chi connectivity index (χ3v) is 6.55. The Morgan fingerprint density at radius 2 is 2.08 bits per heavy atom. The fraction of sp³-hybridized carbons (Fsp3) is 0.600. The number of rotatable bonds is 7. The Kier molecular flexibility index (Phi) is 4.27. The smallest absolute Gasteiger partial charge is 0.273 e. The number of hydrogen-bond donors (Lipinski definition) is 1. The molecule has 0 bridgehead atoms. The average molecular weight is 379 g/mol. The summed E-state index contributed by atoms with van der Waals surface area (Å²) in [7, 11) is -3.54. The molecule has 0 radical (unpaired) electrons. The van der Waals surface area contributed by atoms with Crippen LogP contribution in [0.4, 0.5) is 0 Å². The summed E-state index contributed by atoms with van der Waals surface area (Å²) in [4.78, 5) is 12.2. The molecule has 10 nitrogen and oxygen atoms in total. The van der Waals surface area contributed by atoms with Crippen molar-refractivity contribution in [1.82, 2.24) is 34.4 Å². The van der Waals surface area contributed by atoms with Gasteiger partial charge in [-0.2, -0.15) is 9.40 Å². The number of carbonyl (C=O) groups is 1. The summed E-state index contributed by atoms with van der Waals surface area (Å²) in [6, 6.07) is -0.122. The van der Waals surface area contributed by atoms with Crippen molar-refractivity contribution in [2.24, 2.45) is 5.92 Å². The van der Waals surface area contributed by atoms with Gasteiger partial charge in [0.05, 0.1) is 18.4 Å². The predicted octanol–water partition coefficient (Wildman–Crippen LogP) is -0.120. The summed E-state index contributed by atoms with van der Waals surface area (Å²) in [5, 5.41) is 14.7. The average Bonchev–Trinajstić information content (AvgIpc) is 3.08. The van der Waals surface area contributed by atoms with E-state index in [1.165, 1.54) is 16.7 Å². The molecule has 1 aliphatic carbocycles. The molecular weight excluding hydrogens is 358 g/mol. The van der Waals surface area contributed by atoms with E-state index in [0.717, 1.165) is 12.8 Å². The minimum atomic E-state index is -3.54. The summed E-state index contributed by atoms with van der Waals surface area (Å²) in [5.41, 5.74) is 0.260. The van der Waals surface area contributed by atoms with Gasteiger partial charge in [-0.25, -0.2) is 13.1 Å². The SMILES string of the molecule is CCn1cc(S(=O)(=O)N2CC(n3cc(C(=O)NCC4CC4)nn3)C2)cn1. The van der Waals surface area contributed by atoms with Crippen LogP contribution in [0.3, 0.4) is 0 Å². The largest absolute Gasteiger partial charge is 0.350 e. The molecule has 1 N–H and O–H groups in total. The maximum Gasteiger partial charge on any atom is 0.273 e. The standard InChI is InChI=1S/C15H21N7O3S/c1-2-20-9-13(6-17-20)26(24,25)21-7-12(8-21)22-10-14(18-19-22)15(23)16-5-11-3-4-11/h6,9-12H,2-5,7-8H2,1H3,(H,16,23). The van der Waals surface area contributed by atoms with E-state index in [-0.39, 0.29) is 22.5 Å². The molecule has 1 aliphatic heterocycles. The summed E-state index contributed by atoms with van der Waals surface area (Å²) in [5.74, 6) is 0.357. The van der Waals surface area contributed by atoms with Crippen LogP contribution in [0.25, 0.3) is 0 Å². The lowest BCUT2D eigenvalue weighted by atomic mass is 10.2. The van der Waals surface area contributed by atoms with Gasteiger partial charge in [-0.3, -0.25) is 9.48 Å². The van der Waals surface area contributed by atoms with E-state index in [1.807, 2.05) is 6.92 Å². The first kappa shape index (κ1) is 17.2. The van der Waals surface area contributed by atoms with Crippen molar-refractivity contribution in [1.29, 1.82) is 0 Å². The first-order valence-corrected chi connectivity index (χ1v) is 10.1. The van der Waals surface area contributed by atoms with Crippen LogP contribution < -0.4 is 5.32 Å². The maximum absolute atomic E-state index is 12.6. The second-order valence-electron chi connectivity index (χ2n) is 6.74. The Bertz CT molecular complexity index is 909. The van der Waals surface area contributed by atoms with E-state index >= 15 is 0 Å². The van der Waals surface area contributed by atoms with Gasteiger partial charge in [0, 0.05) is 32.4 Å². The molecule has 1 saturated heterocycles. The third-order valence-electron chi connectivity index (χ3n) is 4.77. The van der Waals surface area contributed by atoms with Gasteiger partial charge in [0.15, 0.2) is 5.69 Å². The molecule has 2 aromatic rings. The van der Waals surface area contributed by atoms with Crippen LogP contribution in [0.15, 0.2) is 23.5 Å². The van der Waals surface area contributed by atoms with E-state index in [1.54, 1.807) is 15.6 Å². The van der Waals surface area contributed by atoms with Crippen molar-refractivity contribution in [2.75, 3.05) is 19.6 Å². The molecule has 1 saturated carbocycles. The van der Waals surface area contributed by atoms with Crippen LogP contribution in [0.2, 0.25) is 0 Å². The first-order valence-electron chi connectivity index (χ1n) is 8.70. The van der Waals surface area contributed by atoms with E-state index in [2.05, 4.69) is 20.7 Å². The van der Waals surface area contributed by atoms with E-state index in [9.17, 15) is 13.2 Å². The number of aromatic nitrogens is 5. The van der Waals surface area contributed by atoms with Gasteiger partial charge in [-0.05, 0) is 25.7 Å². The van der Waals surface area contributed by atoms with Crippen LogP contribution in [-0.2, 0) is 16.6 Å². The quantitative estimate of drug-likeness (QED) is 0.717. The lowest BCUT2D eigenvalue weighted by Gasteiger charge is -2.37. The Hall–Kier alpha value is -2.27. The molecule has 2 aliphatic rings. The molecule has 26 heavy (non-hydrogen) atoms. The van der Waals surface area contributed by atoms with E-state index in [4.69, 9.17) is 0 Å². The zero-order valence-corrected chi connectivity index (χ0v) is 15.3. The molecule has 0 aromatic carbocycles. The Morgan fingerprint density at radius 1 is 1.31 bits per heavy atom. The highest BCUT2D eigenvalue weighted by Gasteiger charge is 2.39. The molecule has 0 unspecified atom stereocenters. The van der Waals surface area contributed by atoms with Crippen LogP contribution >= 0.6 is 0 Å². The van der Waals surface area contributed by atoms with Gasteiger partial charge in [-0.15, -0.1) is 5.10 Å². The number of carbonyl (C=O) groups excluding carboxylic acids is 1. The number of aryl methyl sites for hydroxylation is 1. The van der Waals surface area contributed by atoms with Crippen molar-refractivity contribution in [3.63, 3.8) is 0 Å². The number of nitrogens with zero attached hydrogens (tertiary/aromatic N) is 6. The fourth-order valence-corrected chi connectivity index (χ4v) is 4.26. The monoisotopic (exact) mass is 379 g/mol. The normalized spacial score (nSPS) is 18.7. The second-order valence-corrected chi connectivity index (χ2v) is 8.68. The van der Waals surface area contributed by atoms with Crippen LogP contribution in [0.1, 0.15) is 36.3 Å². The van der Waals surface area contributed by atoms with E-state index < -0.39 is 10.0 Å². The number of amides is 1. The molecule has 11 heteroatoms. The van der Waals surface area contributed by atoms with Crippen molar-refractivity contribution >= 4 is 15.9 Å². The number of nitrogens with one attached hydrogen (secondary N) is 1. The van der Waals surface area contributed by atoms with Crippen molar-refractivity contribution in [3.05, 3.63) is 24.3 Å². The van der Waals surface area contributed by atoms with Crippen LogP contribution in [-0.4, -0.2) is 63.0 Å². The highest BCUT2D eigenvalue weighted by molar-refractivity contribution is 7.89. The van der Waals surface area contributed by atoms with Gasteiger partial charge >= 0.3 is 0 Å². The van der Waals surface area contributed by atoms with Gasteiger partial charge in [-0.1, -0.05) is 5.21 Å². The topological polar surface area (TPSA) is 115 Å². The van der Waals surface area contributed by atoms with Crippen molar-refractivity contribution in [3.8, 4) is 0 Å². The molecule has 4 rings (SSSR count). The lowest BCUT2D eigenvalue weighted by Crippen LogP contribution is -2.50. The summed E-state index contributed by atoms with van der Waals surface area (Å²) in [6.45, 7) is 3.78. The van der Waals surface area contributed by atoms with Crippen molar-refractivity contribution in [2.45, 2.75) is 37.2 Å². The maximum atomic E-state index is 12.6. The minimum Gasteiger partial charge on any atom is -0.350 e. The highest BCUT2D eigenvalue weighted by Crippen LogP contribution is 2.28. The summed E-state index contributed by atoms with van der Waals surface area (Å²) in [6.07, 6.45) is 6.80. The number of hydrogen-bond acceptors (Lipinski definition) is 6. The number of sulfonamides is 1. The van der Waals surface area contributed by atoms with Crippen molar-refractivity contribution < 1.29 is 13.2 Å². The third kappa shape index (κ3) is 3.23. The molecule has 140 valence electrons. The predicted molar refractivity (Wildman–Crippen MR) is 90.8 cm³/mol. The molecule has 1 amide bonds. The van der Waals surface area contributed by atoms with Gasteiger partial charge in [0.2, 0.25) is 10.0 Å². The lowest BCUT2D eigenvalue weighted by molar-refractivity contribution is 0.0946. The molecule has 0 spiro atoms. The molecule has 0 atom stereocenters. The Morgan fingerprint density at radius 3 is 2.73 bits per heavy atom. The van der Waals surface area contributed by atoms with Gasteiger partial charge in [0.25, 0.3) is 5.91 Å². The summed E-state index contributed by atoms with van der Waals surface area (Å²) < 4.78 is 29.6. The van der Waals surface area contributed by atoms with Gasteiger partial charge < -0.3 is 5.32 Å². The molecule has 3 heterocycles. The second kappa shape index (κ2) is 6.47. The Labute approximate surface area is 151 Å². The van der Waals surface area contributed by atoms with Crippen LogP contribution in [0, 0.1) is 5.92 Å². The fourth-order valence-electron chi connectivity index (χ4n) is 2.79. The van der Waals surface area contributed by atoms with Gasteiger partial charge in [0.1, 0.15) is 4.90 Å². The van der Waals surface area contributed by atoms with Crippen LogP contribution in [0.5, 0.6) is 0 Å². The molecule has 2 fully saturated rings. The molecule has 2 aromatic heterocycles. The zero-order chi connectivity index (χ0) is 18.3. The van der Waals surface area contributed by atoms with E-state index in [0.29, 0.717) is 32.1 Å². The minimum absolute atomic E-state index is 0.122.